The molecule has 1 heterocycles. The number of benzene rings is 2. The molecule has 1 amide bonds. The van der Waals surface area contributed by atoms with E-state index >= 15 is 0 Å². The summed E-state index contributed by atoms with van der Waals surface area (Å²) in [6.45, 7) is 9.87. The summed E-state index contributed by atoms with van der Waals surface area (Å²) < 4.78 is 28.1. The first-order valence-corrected chi connectivity index (χ1v) is 13.8. The number of sulfonamides is 1. The number of aryl methyl sites for hydroxylation is 2. The lowest BCUT2D eigenvalue weighted by atomic mass is 10.1. The van der Waals surface area contributed by atoms with Crippen LogP contribution in [0.2, 0.25) is 0 Å². The highest BCUT2D eigenvalue weighted by atomic mass is 32.2. The second-order valence-electron chi connectivity index (χ2n) is 8.65. The molecule has 0 aliphatic heterocycles. The fourth-order valence-electron chi connectivity index (χ4n) is 3.94. The van der Waals surface area contributed by atoms with E-state index < -0.39 is 10.0 Å². The van der Waals surface area contributed by atoms with Crippen molar-refractivity contribution >= 4 is 42.6 Å². The van der Waals surface area contributed by atoms with Crippen LogP contribution in [0.5, 0.6) is 0 Å². The van der Waals surface area contributed by atoms with Gasteiger partial charge in [0.25, 0.3) is 5.91 Å². The lowest BCUT2D eigenvalue weighted by Crippen LogP contribution is -2.33. The lowest BCUT2D eigenvalue weighted by Gasteiger charge is -2.22. The average Bonchev–Trinajstić information content (AvgIpc) is 3.21. The van der Waals surface area contributed by atoms with Gasteiger partial charge in [-0.25, -0.2) is 13.4 Å². The number of thiazole rings is 1. The highest BCUT2D eigenvalue weighted by Gasteiger charge is 2.24. The Bertz CT molecular complexity index is 1250. The van der Waals surface area contributed by atoms with Crippen LogP contribution in [0.15, 0.2) is 41.3 Å². The molecule has 3 aromatic rings. The van der Waals surface area contributed by atoms with Gasteiger partial charge in [0.15, 0.2) is 5.13 Å². The Labute approximate surface area is 207 Å². The minimum Gasteiger partial charge on any atom is -0.309 e. The van der Waals surface area contributed by atoms with Crippen molar-refractivity contribution in [3.8, 4) is 0 Å². The molecule has 2 aromatic carbocycles. The molecule has 7 nitrogen and oxygen atoms in total. The van der Waals surface area contributed by atoms with Gasteiger partial charge in [-0.1, -0.05) is 31.3 Å². The summed E-state index contributed by atoms with van der Waals surface area (Å²) in [6.07, 6.45) is 0.793. The van der Waals surface area contributed by atoms with Crippen LogP contribution in [0.1, 0.15) is 41.8 Å². The van der Waals surface area contributed by atoms with Crippen molar-refractivity contribution in [2.45, 2.75) is 39.0 Å². The Morgan fingerprint density at radius 1 is 1.00 bits per heavy atom. The smallest absolute Gasteiger partial charge is 0.260 e. The Kier molecular flexibility index (Phi) is 8.46. The summed E-state index contributed by atoms with van der Waals surface area (Å²) in [5.74, 6) is -0.182. The average molecular weight is 503 g/mol. The van der Waals surface area contributed by atoms with E-state index in [1.807, 2.05) is 34.9 Å². The number of carbonyl (C=O) groups excluding carboxylic acids is 1. The number of aromatic nitrogens is 1. The monoisotopic (exact) mass is 502 g/mol. The first-order chi connectivity index (χ1) is 16.1. The molecular weight excluding hydrogens is 468 g/mol. The van der Waals surface area contributed by atoms with Crippen molar-refractivity contribution in [2.75, 3.05) is 45.2 Å². The van der Waals surface area contributed by atoms with E-state index in [2.05, 4.69) is 24.0 Å². The van der Waals surface area contributed by atoms with E-state index in [1.54, 1.807) is 17.0 Å². The van der Waals surface area contributed by atoms with E-state index in [1.165, 1.54) is 27.8 Å². The predicted molar refractivity (Wildman–Crippen MR) is 140 cm³/mol. The Hall–Kier alpha value is -2.33. The zero-order valence-electron chi connectivity index (χ0n) is 20.8. The van der Waals surface area contributed by atoms with Crippen LogP contribution in [-0.2, 0) is 10.0 Å². The molecule has 0 unspecified atom stereocenters. The molecule has 1 aromatic heterocycles. The normalized spacial score (nSPS) is 12.1. The zero-order chi connectivity index (χ0) is 25.0. The van der Waals surface area contributed by atoms with Crippen LogP contribution in [0.4, 0.5) is 5.13 Å². The zero-order valence-corrected chi connectivity index (χ0v) is 22.5. The summed E-state index contributed by atoms with van der Waals surface area (Å²) in [5.41, 5.74) is 3.60. The number of anilines is 1. The van der Waals surface area contributed by atoms with Crippen LogP contribution in [0.25, 0.3) is 10.2 Å². The highest BCUT2D eigenvalue weighted by Crippen LogP contribution is 2.32. The van der Waals surface area contributed by atoms with Gasteiger partial charge in [-0.3, -0.25) is 9.69 Å². The SMILES string of the molecule is CCN(CC)S(=O)(=O)c1ccc(C(=O)N(CCCN(C)C)c2nc3c(C)cc(C)cc3s2)cc1. The van der Waals surface area contributed by atoms with Crippen molar-refractivity contribution in [3.63, 3.8) is 0 Å². The maximum absolute atomic E-state index is 13.6. The van der Waals surface area contributed by atoms with Gasteiger partial charge in [0.05, 0.1) is 15.1 Å². The molecule has 0 saturated carbocycles. The van der Waals surface area contributed by atoms with E-state index in [0.717, 1.165) is 34.3 Å². The van der Waals surface area contributed by atoms with Crippen LogP contribution in [-0.4, -0.2) is 68.8 Å². The number of hydrogen-bond acceptors (Lipinski definition) is 6. The molecule has 9 heteroatoms. The topological polar surface area (TPSA) is 73.8 Å². The second-order valence-corrected chi connectivity index (χ2v) is 11.6. The summed E-state index contributed by atoms with van der Waals surface area (Å²) >= 11 is 1.51. The van der Waals surface area contributed by atoms with E-state index in [-0.39, 0.29) is 10.8 Å². The van der Waals surface area contributed by atoms with E-state index in [4.69, 9.17) is 4.98 Å². The third-order valence-corrected chi connectivity index (χ3v) is 8.82. The minimum absolute atomic E-state index is 0.182. The number of carbonyl (C=O) groups is 1. The molecule has 3 rings (SSSR count). The predicted octanol–water partition coefficient (Wildman–Crippen LogP) is 4.54. The minimum atomic E-state index is -3.57. The molecule has 0 saturated heterocycles. The van der Waals surface area contributed by atoms with Crippen molar-refractivity contribution < 1.29 is 13.2 Å². The van der Waals surface area contributed by atoms with Gasteiger partial charge in [0.2, 0.25) is 10.0 Å². The number of amides is 1. The molecule has 0 bridgehead atoms. The summed E-state index contributed by atoms with van der Waals surface area (Å²) in [7, 11) is 0.437. The number of fused-ring (bicyclic) bond motifs is 1. The summed E-state index contributed by atoms with van der Waals surface area (Å²) in [4.78, 5) is 22.4. The lowest BCUT2D eigenvalue weighted by molar-refractivity contribution is 0.0986. The second kappa shape index (κ2) is 10.9. The first-order valence-electron chi connectivity index (χ1n) is 11.5. The molecule has 0 aliphatic rings. The number of rotatable bonds is 10. The van der Waals surface area contributed by atoms with Gasteiger partial charge in [-0.2, -0.15) is 4.31 Å². The maximum Gasteiger partial charge on any atom is 0.260 e. The standard InChI is InChI=1S/C25H34N4O3S2/c1-7-28(8-2)34(31,32)21-12-10-20(11-13-21)24(30)29(15-9-14-27(5)6)25-26-23-19(4)16-18(3)17-22(23)33-25/h10-13,16-17H,7-9,14-15H2,1-6H3. The van der Waals surface area contributed by atoms with Crippen LogP contribution in [0.3, 0.4) is 0 Å². The van der Waals surface area contributed by atoms with Crippen molar-refractivity contribution in [1.82, 2.24) is 14.2 Å². The molecule has 0 fully saturated rings. The van der Waals surface area contributed by atoms with Crippen molar-refractivity contribution in [3.05, 3.63) is 53.1 Å². The Morgan fingerprint density at radius 3 is 2.24 bits per heavy atom. The van der Waals surface area contributed by atoms with Gasteiger partial charge in [-0.05, 0) is 82.4 Å². The fraction of sp³-hybridized carbons (Fsp3) is 0.440. The Morgan fingerprint density at radius 2 is 1.65 bits per heavy atom. The van der Waals surface area contributed by atoms with Gasteiger partial charge in [0.1, 0.15) is 0 Å². The molecule has 0 spiro atoms. The maximum atomic E-state index is 13.6. The van der Waals surface area contributed by atoms with E-state index in [0.29, 0.717) is 30.3 Å². The van der Waals surface area contributed by atoms with Gasteiger partial charge in [0, 0.05) is 25.2 Å². The quantitative estimate of drug-likeness (QED) is 0.407. The summed E-state index contributed by atoms with van der Waals surface area (Å²) in [6, 6.07) is 10.4. The molecule has 0 N–H and O–H groups in total. The fourth-order valence-corrected chi connectivity index (χ4v) is 6.57. The van der Waals surface area contributed by atoms with Gasteiger partial charge >= 0.3 is 0 Å². The first kappa shape index (κ1) is 26.3. The third kappa shape index (κ3) is 5.66. The molecule has 0 radical (unpaired) electrons. The number of nitrogens with zero attached hydrogens (tertiary/aromatic N) is 4. The van der Waals surface area contributed by atoms with Crippen LogP contribution >= 0.6 is 11.3 Å². The van der Waals surface area contributed by atoms with Gasteiger partial charge in [-0.15, -0.1) is 0 Å². The van der Waals surface area contributed by atoms with Crippen LogP contribution < -0.4 is 4.90 Å². The van der Waals surface area contributed by atoms with Crippen molar-refractivity contribution in [1.29, 1.82) is 0 Å². The molecular formula is C25H34N4O3S2. The van der Waals surface area contributed by atoms with E-state index in [9.17, 15) is 13.2 Å². The van der Waals surface area contributed by atoms with Gasteiger partial charge < -0.3 is 4.90 Å². The molecule has 184 valence electrons. The van der Waals surface area contributed by atoms with Crippen LogP contribution in [0, 0.1) is 13.8 Å². The largest absolute Gasteiger partial charge is 0.309 e. The molecule has 0 atom stereocenters. The molecule has 34 heavy (non-hydrogen) atoms. The Balaban J connectivity index is 1.95. The third-order valence-electron chi connectivity index (χ3n) is 5.73. The van der Waals surface area contributed by atoms with Crippen molar-refractivity contribution in [2.24, 2.45) is 0 Å². The summed E-state index contributed by atoms with van der Waals surface area (Å²) in [5, 5.41) is 0.660. The molecule has 0 aliphatic carbocycles. The number of hydrogen-bond donors (Lipinski definition) is 0. The highest BCUT2D eigenvalue weighted by molar-refractivity contribution is 7.89.